The van der Waals surface area contributed by atoms with E-state index in [-0.39, 0.29) is 0 Å². The van der Waals surface area contributed by atoms with Gasteiger partial charge in [-0.05, 0) is 6.92 Å². The van der Waals surface area contributed by atoms with Crippen LogP contribution >= 0.6 is 0 Å². The van der Waals surface area contributed by atoms with Crippen LogP contribution in [0.25, 0.3) is 0 Å². The second-order valence-corrected chi connectivity index (χ2v) is 1.01. The second-order valence-electron chi connectivity index (χ2n) is 1.01. The quantitative estimate of drug-likeness (QED) is 0.455. The lowest BCUT2D eigenvalue weighted by molar-refractivity contribution is 1.44. The molecule has 0 aliphatic heterocycles. The molecule has 0 aromatic rings. The van der Waals surface area contributed by atoms with Crippen molar-refractivity contribution in [2.75, 3.05) is 7.05 Å². The largest absolute Gasteiger partial charge is 0.307 e. The fourth-order valence-corrected chi connectivity index (χ4v) is 0.0645. The first-order valence-electron chi connectivity index (χ1n) is 1.75. The van der Waals surface area contributed by atoms with E-state index in [2.05, 4.69) is 4.99 Å². The van der Waals surface area contributed by atoms with Gasteiger partial charge in [-0.2, -0.15) is 0 Å². The summed E-state index contributed by atoms with van der Waals surface area (Å²) in [5.74, 6) is 0. The summed E-state index contributed by atoms with van der Waals surface area (Å²) in [6.45, 7) is 1.78. The molecule has 0 aromatic carbocycles. The second kappa shape index (κ2) is 2.57. The molecule has 1 N–H and O–H groups in total. The Morgan fingerprint density at radius 1 is 1.83 bits per heavy atom. The first-order valence-corrected chi connectivity index (χ1v) is 1.75. The summed E-state index contributed by atoms with van der Waals surface area (Å²) in [5, 5.41) is 6.55. The van der Waals surface area contributed by atoms with Crippen LogP contribution in [0, 0.1) is 5.41 Å². The summed E-state index contributed by atoms with van der Waals surface area (Å²) in [4.78, 5) is 3.68. The Morgan fingerprint density at radius 3 is 2.33 bits per heavy atom. The molecular formula is C4H8N2. The lowest BCUT2D eigenvalue weighted by Gasteiger charge is -1.76. The predicted molar refractivity (Wildman–Crippen MR) is 27.8 cm³/mol. The minimum Gasteiger partial charge on any atom is -0.307 e. The third-order valence-corrected chi connectivity index (χ3v) is 0.562. The van der Waals surface area contributed by atoms with Crippen molar-refractivity contribution in [2.45, 2.75) is 6.92 Å². The van der Waals surface area contributed by atoms with Crippen LogP contribution in [0.1, 0.15) is 6.92 Å². The molecule has 0 atom stereocenters. The molecule has 0 radical (unpaired) electrons. The Hall–Kier alpha value is -0.660. The van der Waals surface area contributed by atoms with Crippen molar-refractivity contribution in [3.8, 4) is 0 Å². The summed E-state index contributed by atoms with van der Waals surface area (Å²) >= 11 is 0. The van der Waals surface area contributed by atoms with E-state index in [4.69, 9.17) is 5.41 Å². The molecule has 0 saturated carbocycles. The van der Waals surface area contributed by atoms with Crippen LogP contribution in [0.15, 0.2) is 4.99 Å². The van der Waals surface area contributed by atoms with Gasteiger partial charge in [-0.3, -0.25) is 4.99 Å². The maximum atomic E-state index is 6.55. The molecule has 0 bridgehead atoms. The fraction of sp³-hybridized carbons (Fsp3) is 0.500. The number of nitrogens with one attached hydrogen (secondary N) is 1. The van der Waals surface area contributed by atoms with Crippen LogP contribution in [-0.2, 0) is 0 Å². The Balaban J connectivity index is 3.50. The molecule has 0 spiro atoms. The van der Waals surface area contributed by atoms with Crippen LogP contribution in [-0.4, -0.2) is 19.0 Å². The summed E-state index contributed by atoms with van der Waals surface area (Å²) < 4.78 is 0. The van der Waals surface area contributed by atoms with Gasteiger partial charge in [0.15, 0.2) is 0 Å². The van der Waals surface area contributed by atoms with E-state index in [0.717, 1.165) is 5.71 Å². The lowest BCUT2D eigenvalue weighted by Crippen LogP contribution is -1.87. The zero-order valence-electron chi connectivity index (χ0n) is 4.02. The van der Waals surface area contributed by atoms with Gasteiger partial charge in [0.1, 0.15) is 0 Å². The van der Waals surface area contributed by atoms with Crippen molar-refractivity contribution in [2.24, 2.45) is 4.99 Å². The maximum Gasteiger partial charge on any atom is 0.0489 e. The summed E-state index contributed by atoms with van der Waals surface area (Å²) in [6, 6.07) is 0. The SMILES string of the molecule is C/N=C(\C)C=N. The van der Waals surface area contributed by atoms with Gasteiger partial charge in [-0.15, -0.1) is 0 Å². The first-order chi connectivity index (χ1) is 2.81. The van der Waals surface area contributed by atoms with Crippen molar-refractivity contribution in [3.63, 3.8) is 0 Å². The van der Waals surface area contributed by atoms with Crippen molar-refractivity contribution < 1.29 is 0 Å². The van der Waals surface area contributed by atoms with Gasteiger partial charge >= 0.3 is 0 Å². The van der Waals surface area contributed by atoms with Gasteiger partial charge in [0.05, 0.1) is 0 Å². The fourth-order valence-electron chi connectivity index (χ4n) is 0.0645. The van der Waals surface area contributed by atoms with Gasteiger partial charge < -0.3 is 5.41 Å². The molecule has 2 nitrogen and oxygen atoms in total. The van der Waals surface area contributed by atoms with Gasteiger partial charge in [0, 0.05) is 19.0 Å². The summed E-state index contributed by atoms with van der Waals surface area (Å²) in [7, 11) is 1.67. The highest BCUT2D eigenvalue weighted by molar-refractivity contribution is 6.28. The third kappa shape index (κ3) is 1.64. The Bertz CT molecular complexity index is 73.6. The van der Waals surface area contributed by atoms with Gasteiger partial charge in [0.2, 0.25) is 0 Å². The summed E-state index contributed by atoms with van der Waals surface area (Å²) in [6.07, 6.45) is 1.22. The van der Waals surface area contributed by atoms with E-state index in [1.165, 1.54) is 6.21 Å². The molecule has 0 fully saturated rings. The minimum absolute atomic E-state index is 0.759. The number of nitrogens with zero attached hydrogens (tertiary/aromatic N) is 1. The third-order valence-electron chi connectivity index (χ3n) is 0.562. The summed E-state index contributed by atoms with van der Waals surface area (Å²) in [5.41, 5.74) is 0.759. The number of hydrogen-bond donors (Lipinski definition) is 1. The monoisotopic (exact) mass is 84.1 g/mol. The maximum absolute atomic E-state index is 6.55. The van der Waals surface area contributed by atoms with Gasteiger partial charge in [-0.25, -0.2) is 0 Å². The zero-order valence-corrected chi connectivity index (χ0v) is 4.02. The Morgan fingerprint density at radius 2 is 2.33 bits per heavy atom. The van der Waals surface area contributed by atoms with Crippen LogP contribution in [0.3, 0.4) is 0 Å². The van der Waals surface area contributed by atoms with Gasteiger partial charge in [-0.1, -0.05) is 0 Å². The van der Waals surface area contributed by atoms with Crippen molar-refractivity contribution in [1.82, 2.24) is 0 Å². The molecule has 0 aliphatic carbocycles. The van der Waals surface area contributed by atoms with Crippen LogP contribution in [0.2, 0.25) is 0 Å². The first kappa shape index (κ1) is 5.34. The molecule has 0 aromatic heterocycles. The van der Waals surface area contributed by atoms with E-state index < -0.39 is 0 Å². The normalized spacial score (nSPS) is 11.3. The molecule has 2 heteroatoms. The highest BCUT2D eigenvalue weighted by atomic mass is 14.7. The van der Waals surface area contributed by atoms with Crippen LogP contribution < -0.4 is 0 Å². The topological polar surface area (TPSA) is 36.2 Å². The zero-order chi connectivity index (χ0) is 4.99. The van der Waals surface area contributed by atoms with Crippen LogP contribution in [0.4, 0.5) is 0 Å². The van der Waals surface area contributed by atoms with Crippen LogP contribution in [0.5, 0.6) is 0 Å². The highest BCUT2D eigenvalue weighted by Crippen LogP contribution is 1.61. The molecule has 0 heterocycles. The standard InChI is InChI=1S/C4H8N2/c1-4(3-5)6-2/h3,5H,1-2H3/b5-3?,6-4+. The number of rotatable bonds is 1. The Labute approximate surface area is 37.4 Å². The molecule has 6 heavy (non-hydrogen) atoms. The molecule has 0 unspecified atom stereocenters. The average molecular weight is 84.1 g/mol. The lowest BCUT2D eigenvalue weighted by atomic mass is 10.5. The highest BCUT2D eigenvalue weighted by Gasteiger charge is 1.70. The van der Waals surface area contributed by atoms with E-state index in [9.17, 15) is 0 Å². The van der Waals surface area contributed by atoms with E-state index >= 15 is 0 Å². The molecular weight excluding hydrogens is 76.1 g/mol. The van der Waals surface area contributed by atoms with Crippen molar-refractivity contribution in [3.05, 3.63) is 0 Å². The number of aliphatic imine (C=N–C) groups is 1. The molecule has 0 saturated heterocycles. The molecule has 34 valence electrons. The Kier molecular flexibility index (Phi) is 2.29. The molecule has 0 rings (SSSR count). The predicted octanol–water partition coefficient (Wildman–Crippen LogP) is 0.727. The van der Waals surface area contributed by atoms with Crippen molar-refractivity contribution >= 4 is 11.9 Å². The molecule has 0 aliphatic rings. The van der Waals surface area contributed by atoms with Gasteiger partial charge in [0.25, 0.3) is 0 Å². The van der Waals surface area contributed by atoms with Crippen molar-refractivity contribution in [1.29, 1.82) is 5.41 Å². The minimum atomic E-state index is 0.759. The molecule has 0 amide bonds. The smallest absolute Gasteiger partial charge is 0.0489 e. The van der Waals surface area contributed by atoms with E-state index in [1.54, 1.807) is 14.0 Å². The van der Waals surface area contributed by atoms with E-state index in [0.29, 0.717) is 0 Å². The average Bonchev–Trinajstić information content (AvgIpc) is 1.65. The van der Waals surface area contributed by atoms with E-state index in [1.807, 2.05) is 0 Å². The number of hydrogen-bond acceptors (Lipinski definition) is 2.